The van der Waals surface area contributed by atoms with Crippen LogP contribution in [0.4, 0.5) is 4.39 Å². The summed E-state index contributed by atoms with van der Waals surface area (Å²) < 4.78 is 18.7. The van der Waals surface area contributed by atoms with E-state index in [2.05, 4.69) is 10.6 Å². The van der Waals surface area contributed by atoms with E-state index in [1.807, 2.05) is 20.8 Å². The number of carbonyl (C=O) groups is 1. The van der Waals surface area contributed by atoms with Gasteiger partial charge < -0.3 is 15.4 Å². The van der Waals surface area contributed by atoms with Gasteiger partial charge in [-0.05, 0) is 33.8 Å². The molecule has 0 aromatic heterocycles. The number of benzene rings is 1. The van der Waals surface area contributed by atoms with E-state index in [9.17, 15) is 9.18 Å². The van der Waals surface area contributed by atoms with E-state index in [1.165, 1.54) is 13.2 Å². The quantitative estimate of drug-likeness (QED) is 0.870. The first kappa shape index (κ1) is 16.4. The van der Waals surface area contributed by atoms with Crippen LogP contribution in [0.5, 0.6) is 5.75 Å². The Bertz CT molecular complexity index is 469. The molecule has 0 bridgehead atoms. The summed E-state index contributed by atoms with van der Waals surface area (Å²) in [5, 5.41) is 5.88. The second-order valence-corrected chi connectivity index (χ2v) is 5.80. The number of rotatable bonds is 5. The van der Waals surface area contributed by atoms with Gasteiger partial charge in [-0.3, -0.25) is 4.79 Å². The van der Waals surface area contributed by atoms with Gasteiger partial charge in [0.2, 0.25) is 5.91 Å². The molecule has 2 N–H and O–H groups in total. The fourth-order valence-electron chi connectivity index (χ4n) is 1.63. The van der Waals surface area contributed by atoms with Gasteiger partial charge in [0.15, 0.2) is 0 Å². The van der Waals surface area contributed by atoms with Crippen LogP contribution >= 0.6 is 0 Å². The number of halogens is 1. The van der Waals surface area contributed by atoms with E-state index in [0.717, 1.165) is 0 Å². The maximum Gasteiger partial charge on any atom is 0.237 e. The summed E-state index contributed by atoms with van der Waals surface area (Å²) in [5.74, 6) is 0.0245. The molecule has 0 radical (unpaired) electrons. The fraction of sp³-hybridized carbons (Fsp3) is 0.533. The Hall–Kier alpha value is -1.62. The van der Waals surface area contributed by atoms with Crippen LogP contribution in [-0.4, -0.2) is 24.6 Å². The smallest absolute Gasteiger partial charge is 0.237 e. The lowest BCUT2D eigenvalue weighted by Crippen LogP contribution is -2.49. The first-order valence-corrected chi connectivity index (χ1v) is 6.61. The molecule has 1 aromatic rings. The van der Waals surface area contributed by atoms with Gasteiger partial charge in [0.05, 0.1) is 13.2 Å². The summed E-state index contributed by atoms with van der Waals surface area (Å²) in [4.78, 5) is 11.9. The fourth-order valence-corrected chi connectivity index (χ4v) is 1.63. The molecule has 1 aromatic carbocycles. The number of amides is 1. The molecule has 1 atom stereocenters. The number of hydrogen-bond acceptors (Lipinski definition) is 3. The summed E-state index contributed by atoms with van der Waals surface area (Å²) in [6.45, 7) is 7.79. The lowest BCUT2D eigenvalue weighted by molar-refractivity contribution is -0.124. The zero-order valence-electron chi connectivity index (χ0n) is 12.7. The molecule has 0 fully saturated rings. The molecule has 0 aliphatic carbocycles. The minimum atomic E-state index is -0.393. The van der Waals surface area contributed by atoms with Crippen molar-refractivity contribution in [2.24, 2.45) is 0 Å². The highest BCUT2D eigenvalue weighted by atomic mass is 19.1. The van der Waals surface area contributed by atoms with E-state index in [-0.39, 0.29) is 23.8 Å². The van der Waals surface area contributed by atoms with Crippen LogP contribution in [0.15, 0.2) is 18.2 Å². The minimum Gasteiger partial charge on any atom is -0.497 e. The minimum absolute atomic E-state index is 0.105. The zero-order valence-corrected chi connectivity index (χ0v) is 12.7. The molecule has 112 valence electrons. The lowest BCUT2D eigenvalue weighted by Gasteiger charge is -2.23. The van der Waals surface area contributed by atoms with Gasteiger partial charge in [0.25, 0.3) is 0 Å². The van der Waals surface area contributed by atoms with Crippen molar-refractivity contribution in [2.75, 3.05) is 7.11 Å². The predicted octanol–water partition coefficient (Wildman–Crippen LogP) is 2.23. The van der Waals surface area contributed by atoms with Gasteiger partial charge in [0, 0.05) is 23.7 Å². The largest absolute Gasteiger partial charge is 0.497 e. The van der Waals surface area contributed by atoms with Crippen molar-refractivity contribution in [3.63, 3.8) is 0 Å². The van der Waals surface area contributed by atoms with Gasteiger partial charge in [-0.25, -0.2) is 4.39 Å². The summed E-state index contributed by atoms with van der Waals surface area (Å²) >= 11 is 0. The molecule has 20 heavy (non-hydrogen) atoms. The van der Waals surface area contributed by atoms with Crippen LogP contribution in [0.1, 0.15) is 33.3 Å². The van der Waals surface area contributed by atoms with Gasteiger partial charge in [-0.1, -0.05) is 6.07 Å². The second kappa shape index (κ2) is 6.70. The number of hydrogen-bond donors (Lipinski definition) is 2. The molecule has 5 heteroatoms. The van der Waals surface area contributed by atoms with Crippen LogP contribution in [0.3, 0.4) is 0 Å². The third-order valence-corrected chi connectivity index (χ3v) is 2.75. The summed E-state index contributed by atoms with van der Waals surface area (Å²) in [6.07, 6.45) is 0. The molecule has 0 saturated heterocycles. The molecule has 0 saturated carbocycles. The first-order chi connectivity index (χ1) is 9.23. The van der Waals surface area contributed by atoms with Crippen LogP contribution in [0.25, 0.3) is 0 Å². The molecule has 1 amide bonds. The van der Waals surface area contributed by atoms with Crippen molar-refractivity contribution in [1.82, 2.24) is 10.6 Å². The Kier molecular flexibility index (Phi) is 5.51. The first-order valence-electron chi connectivity index (χ1n) is 6.61. The molecular weight excluding hydrogens is 259 g/mol. The third kappa shape index (κ3) is 5.17. The van der Waals surface area contributed by atoms with Gasteiger partial charge >= 0.3 is 0 Å². The van der Waals surface area contributed by atoms with E-state index >= 15 is 0 Å². The Morgan fingerprint density at radius 3 is 2.55 bits per heavy atom. The number of ether oxygens (including phenoxy) is 1. The molecule has 1 unspecified atom stereocenters. The molecular formula is C15H23FN2O2. The Balaban J connectivity index is 2.56. The van der Waals surface area contributed by atoms with Crippen molar-refractivity contribution < 1.29 is 13.9 Å². The maximum absolute atomic E-state index is 13.7. The van der Waals surface area contributed by atoms with Crippen molar-refractivity contribution in [2.45, 2.75) is 45.8 Å². The van der Waals surface area contributed by atoms with E-state index in [1.54, 1.807) is 19.1 Å². The Labute approximate surface area is 119 Å². The van der Waals surface area contributed by atoms with Crippen molar-refractivity contribution in [3.8, 4) is 5.75 Å². The van der Waals surface area contributed by atoms with Crippen LogP contribution < -0.4 is 15.4 Å². The molecule has 0 aliphatic rings. The number of carbonyl (C=O) groups excluding carboxylic acids is 1. The third-order valence-electron chi connectivity index (χ3n) is 2.75. The maximum atomic E-state index is 13.7. The molecule has 4 nitrogen and oxygen atoms in total. The average molecular weight is 282 g/mol. The summed E-state index contributed by atoms with van der Waals surface area (Å²) in [6, 6.07) is 4.28. The Morgan fingerprint density at radius 1 is 1.40 bits per heavy atom. The SMILES string of the molecule is COc1ccc(CNC(C)C(=O)NC(C)(C)C)c(F)c1. The number of methoxy groups -OCH3 is 1. The predicted molar refractivity (Wildman–Crippen MR) is 77.1 cm³/mol. The van der Waals surface area contributed by atoms with Crippen molar-refractivity contribution in [1.29, 1.82) is 0 Å². The van der Waals surface area contributed by atoms with Crippen LogP contribution in [0.2, 0.25) is 0 Å². The Morgan fingerprint density at radius 2 is 2.05 bits per heavy atom. The summed E-state index contributed by atoms with van der Waals surface area (Å²) in [5.41, 5.74) is 0.222. The van der Waals surface area contributed by atoms with Crippen LogP contribution in [-0.2, 0) is 11.3 Å². The topological polar surface area (TPSA) is 50.4 Å². The van der Waals surface area contributed by atoms with Crippen LogP contribution in [0, 0.1) is 5.82 Å². The monoisotopic (exact) mass is 282 g/mol. The van der Waals surface area contributed by atoms with Gasteiger partial charge in [-0.15, -0.1) is 0 Å². The summed E-state index contributed by atoms with van der Waals surface area (Å²) in [7, 11) is 1.49. The number of nitrogens with one attached hydrogen (secondary N) is 2. The average Bonchev–Trinajstić information content (AvgIpc) is 2.34. The van der Waals surface area contributed by atoms with E-state index < -0.39 is 6.04 Å². The molecule has 0 heterocycles. The van der Waals surface area contributed by atoms with E-state index in [0.29, 0.717) is 11.3 Å². The normalized spacial score (nSPS) is 12.9. The highest BCUT2D eigenvalue weighted by Crippen LogP contribution is 2.16. The molecule has 1 rings (SSSR count). The van der Waals surface area contributed by atoms with Gasteiger partial charge in [0.1, 0.15) is 11.6 Å². The highest BCUT2D eigenvalue weighted by Gasteiger charge is 2.19. The highest BCUT2D eigenvalue weighted by molar-refractivity contribution is 5.81. The molecule has 0 spiro atoms. The lowest BCUT2D eigenvalue weighted by atomic mass is 10.1. The second-order valence-electron chi connectivity index (χ2n) is 5.80. The van der Waals surface area contributed by atoms with Crippen molar-refractivity contribution >= 4 is 5.91 Å². The van der Waals surface area contributed by atoms with Crippen molar-refractivity contribution in [3.05, 3.63) is 29.6 Å². The van der Waals surface area contributed by atoms with Gasteiger partial charge in [-0.2, -0.15) is 0 Å². The molecule has 0 aliphatic heterocycles. The standard InChI is InChI=1S/C15H23FN2O2/c1-10(14(19)18-15(2,3)4)17-9-11-6-7-12(20-5)8-13(11)16/h6-8,10,17H,9H2,1-5H3,(H,18,19). The van der Waals surface area contributed by atoms with E-state index in [4.69, 9.17) is 4.74 Å². The zero-order chi connectivity index (χ0) is 15.3.